The lowest BCUT2D eigenvalue weighted by molar-refractivity contribution is 1.01. The van der Waals surface area contributed by atoms with Crippen LogP contribution in [0.15, 0.2) is 73.2 Å². The Morgan fingerprint density at radius 2 is 1.74 bits per heavy atom. The first-order chi connectivity index (χ1) is 11.3. The molecule has 0 saturated heterocycles. The van der Waals surface area contributed by atoms with Crippen LogP contribution in [0.4, 0.5) is 0 Å². The van der Waals surface area contributed by atoms with E-state index in [1.165, 1.54) is 16.8 Å². The number of fused-ring (bicyclic) bond motifs is 1. The molecule has 2 heterocycles. The average molecular weight is 299 g/mol. The number of rotatable bonds is 3. The molecule has 3 nitrogen and oxygen atoms in total. The fraction of sp³-hybridized carbons (Fsp3) is 0.100. The minimum absolute atomic E-state index is 0.842. The highest BCUT2D eigenvalue weighted by atomic mass is 15.0. The number of benzene rings is 2. The highest BCUT2D eigenvalue weighted by Gasteiger charge is 2.14. The zero-order chi connectivity index (χ0) is 15.6. The van der Waals surface area contributed by atoms with Gasteiger partial charge in [-0.15, -0.1) is 0 Å². The van der Waals surface area contributed by atoms with Crippen LogP contribution in [0, 0.1) is 6.92 Å². The van der Waals surface area contributed by atoms with Crippen LogP contribution in [0.2, 0.25) is 0 Å². The van der Waals surface area contributed by atoms with E-state index >= 15 is 0 Å². The van der Waals surface area contributed by atoms with E-state index in [1.54, 1.807) is 0 Å². The predicted octanol–water partition coefficient (Wildman–Crippen LogP) is 4.30. The SMILES string of the molecule is Cc1ccc(-c2nc3cnccn3c2Cc2ccccc2)cc1. The van der Waals surface area contributed by atoms with Gasteiger partial charge in [-0.3, -0.25) is 4.98 Å². The largest absolute Gasteiger partial charge is 0.300 e. The van der Waals surface area contributed by atoms with Gasteiger partial charge in [0.05, 0.1) is 17.6 Å². The van der Waals surface area contributed by atoms with Crippen molar-refractivity contribution in [2.45, 2.75) is 13.3 Å². The van der Waals surface area contributed by atoms with Gasteiger partial charge in [-0.1, -0.05) is 60.2 Å². The Morgan fingerprint density at radius 3 is 2.52 bits per heavy atom. The third-order valence-electron chi connectivity index (χ3n) is 4.07. The molecule has 2 aromatic heterocycles. The van der Waals surface area contributed by atoms with Crippen LogP contribution in [0.25, 0.3) is 16.9 Å². The standard InChI is InChI=1S/C20H17N3/c1-15-7-9-17(10-8-15)20-18(13-16-5-3-2-4-6-16)23-12-11-21-14-19(23)22-20/h2-12,14H,13H2,1H3. The monoisotopic (exact) mass is 299 g/mol. The van der Waals surface area contributed by atoms with Crippen LogP contribution in [-0.2, 0) is 6.42 Å². The summed E-state index contributed by atoms with van der Waals surface area (Å²) in [6, 6.07) is 19.0. The van der Waals surface area contributed by atoms with E-state index in [1.807, 2.05) is 24.7 Å². The molecule has 4 aromatic rings. The smallest absolute Gasteiger partial charge is 0.156 e. The van der Waals surface area contributed by atoms with Gasteiger partial charge >= 0.3 is 0 Å². The van der Waals surface area contributed by atoms with Gasteiger partial charge in [0.25, 0.3) is 0 Å². The van der Waals surface area contributed by atoms with Gasteiger partial charge in [0.15, 0.2) is 5.65 Å². The minimum Gasteiger partial charge on any atom is -0.300 e. The quantitative estimate of drug-likeness (QED) is 0.565. The molecule has 0 spiro atoms. The van der Waals surface area contributed by atoms with Crippen molar-refractivity contribution in [3.8, 4) is 11.3 Å². The first-order valence-corrected chi connectivity index (χ1v) is 7.73. The second-order valence-corrected chi connectivity index (χ2v) is 5.74. The van der Waals surface area contributed by atoms with Crippen LogP contribution in [-0.4, -0.2) is 14.4 Å². The Labute approximate surface area is 135 Å². The molecule has 2 aromatic carbocycles. The maximum absolute atomic E-state index is 4.81. The summed E-state index contributed by atoms with van der Waals surface area (Å²) >= 11 is 0. The average Bonchev–Trinajstić information content (AvgIpc) is 2.95. The van der Waals surface area contributed by atoms with Gasteiger partial charge in [-0.2, -0.15) is 0 Å². The van der Waals surface area contributed by atoms with E-state index in [-0.39, 0.29) is 0 Å². The molecule has 0 unspecified atom stereocenters. The van der Waals surface area contributed by atoms with Crippen LogP contribution < -0.4 is 0 Å². The molecule has 4 rings (SSSR count). The topological polar surface area (TPSA) is 30.2 Å². The highest BCUT2D eigenvalue weighted by Crippen LogP contribution is 2.26. The number of hydrogen-bond acceptors (Lipinski definition) is 2. The number of aromatic nitrogens is 3. The van der Waals surface area contributed by atoms with Gasteiger partial charge in [-0.05, 0) is 12.5 Å². The number of aryl methyl sites for hydroxylation is 1. The van der Waals surface area contributed by atoms with Gasteiger partial charge < -0.3 is 4.40 Å². The fourth-order valence-corrected chi connectivity index (χ4v) is 2.86. The Bertz CT molecular complexity index is 938. The van der Waals surface area contributed by atoms with Crippen LogP contribution in [0.5, 0.6) is 0 Å². The summed E-state index contributed by atoms with van der Waals surface area (Å²) in [6.45, 7) is 2.10. The van der Waals surface area contributed by atoms with E-state index in [9.17, 15) is 0 Å². The zero-order valence-electron chi connectivity index (χ0n) is 13.0. The van der Waals surface area contributed by atoms with Crippen LogP contribution in [0.1, 0.15) is 16.8 Å². The van der Waals surface area contributed by atoms with E-state index in [2.05, 4.69) is 64.8 Å². The number of nitrogens with zero attached hydrogens (tertiary/aromatic N) is 3. The number of hydrogen-bond donors (Lipinski definition) is 0. The summed E-state index contributed by atoms with van der Waals surface area (Å²) in [5.74, 6) is 0. The summed E-state index contributed by atoms with van der Waals surface area (Å²) in [4.78, 5) is 9.01. The van der Waals surface area contributed by atoms with Crippen molar-refractivity contribution < 1.29 is 0 Å². The van der Waals surface area contributed by atoms with Crippen molar-refractivity contribution in [3.63, 3.8) is 0 Å². The third kappa shape index (κ3) is 2.61. The van der Waals surface area contributed by atoms with Crippen molar-refractivity contribution in [2.24, 2.45) is 0 Å². The lowest BCUT2D eigenvalue weighted by atomic mass is 10.0. The van der Waals surface area contributed by atoms with Gasteiger partial charge in [0, 0.05) is 24.4 Å². The second kappa shape index (κ2) is 5.69. The molecule has 0 bridgehead atoms. The lowest BCUT2D eigenvalue weighted by Gasteiger charge is -2.06. The number of imidazole rings is 1. The van der Waals surface area contributed by atoms with Crippen molar-refractivity contribution >= 4 is 5.65 Å². The molecule has 0 aliphatic carbocycles. The molecular formula is C20H17N3. The normalized spacial score (nSPS) is 11.0. The lowest BCUT2D eigenvalue weighted by Crippen LogP contribution is -1.96. The van der Waals surface area contributed by atoms with Gasteiger partial charge in [-0.25, -0.2) is 4.98 Å². The fourth-order valence-electron chi connectivity index (χ4n) is 2.86. The van der Waals surface area contributed by atoms with Gasteiger partial charge in [0.2, 0.25) is 0 Å². The van der Waals surface area contributed by atoms with Crippen molar-refractivity contribution in [1.82, 2.24) is 14.4 Å². The zero-order valence-corrected chi connectivity index (χ0v) is 13.0. The molecule has 112 valence electrons. The molecular weight excluding hydrogens is 282 g/mol. The summed E-state index contributed by atoms with van der Waals surface area (Å²) in [7, 11) is 0. The van der Waals surface area contributed by atoms with Gasteiger partial charge in [0.1, 0.15) is 0 Å². The van der Waals surface area contributed by atoms with Crippen LogP contribution >= 0.6 is 0 Å². The first-order valence-electron chi connectivity index (χ1n) is 7.73. The Morgan fingerprint density at radius 1 is 0.957 bits per heavy atom. The molecule has 0 amide bonds. The second-order valence-electron chi connectivity index (χ2n) is 5.74. The molecule has 0 aliphatic rings. The molecule has 0 saturated carbocycles. The highest BCUT2D eigenvalue weighted by molar-refractivity contribution is 5.67. The third-order valence-corrected chi connectivity index (χ3v) is 4.07. The summed E-state index contributed by atoms with van der Waals surface area (Å²) < 4.78 is 2.13. The minimum atomic E-state index is 0.842. The maximum Gasteiger partial charge on any atom is 0.156 e. The molecule has 0 radical (unpaired) electrons. The van der Waals surface area contributed by atoms with E-state index in [0.717, 1.165) is 23.3 Å². The molecule has 3 heteroatoms. The summed E-state index contributed by atoms with van der Waals surface area (Å²) in [6.07, 6.45) is 6.45. The van der Waals surface area contributed by atoms with E-state index < -0.39 is 0 Å². The summed E-state index contributed by atoms with van der Waals surface area (Å²) in [5, 5.41) is 0. The predicted molar refractivity (Wildman–Crippen MR) is 92.4 cm³/mol. The Kier molecular flexibility index (Phi) is 3.39. The van der Waals surface area contributed by atoms with Crippen molar-refractivity contribution in [3.05, 3.63) is 90.0 Å². The molecule has 0 aliphatic heterocycles. The molecule has 23 heavy (non-hydrogen) atoms. The molecule has 0 N–H and O–H groups in total. The Hall–Kier alpha value is -2.94. The van der Waals surface area contributed by atoms with E-state index in [4.69, 9.17) is 4.98 Å². The molecule has 0 fully saturated rings. The Balaban J connectivity index is 1.89. The van der Waals surface area contributed by atoms with Crippen molar-refractivity contribution in [2.75, 3.05) is 0 Å². The summed E-state index contributed by atoms with van der Waals surface area (Å²) in [5.41, 5.74) is 6.78. The van der Waals surface area contributed by atoms with E-state index in [0.29, 0.717) is 0 Å². The van der Waals surface area contributed by atoms with Crippen LogP contribution in [0.3, 0.4) is 0 Å². The molecule has 0 atom stereocenters. The first kappa shape index (κ1) is 13.7. The maximum atomic E-state index is 4.81. The van der Waals surface area contributed by atoms with Crippen molar-refractivity contribution in [1.29, 1.82) is 0 Å².